The molecule has 0 atom stereocenters. The third kappa shape index (κ3) is 4.67. The van der Waals surface area contributed by atoms with Crippen molar-refractivity contribution >= 4 is 25.1 Å². The zero-order chi connectivity index (χ0) is 28.1. The van der Waals surface area contributed by atoms with Crippen LogP contribution in [0, 0.1) is 0 Å². The molecule has 0 bridgehead atoms. The summed E-state index contributed by atoms with van der Waals surface area (Å²) in [5.41, 5.74) is 7.16. The first-order valence-electron chi connectivity index (χ1n) is 13.9. The lowest BCUT2D eigenvalue weighted by atomic mass is 9.76. The lowest BCUT2D eigenvalue weighted by Crippen LogP contribution is -2.41. The van der Waals surface area contributed by atoms with Gasteiger partial charge in [-0.25, -0.2) is 4.79 Å². The van der Waals surface area contributed by atoms with Gasteiger partial charge in [-0.15, -0.1) is 0 Å². The van der Waals surface area contributed by atoms with E-state index in [1.165, 1.54) is 22.3 Å². The molecule has 0 aromatic heterocycles. The molecule has 1 heterocycles. The molecule has 0 unspecified atom stereocenters. The summed E-state index contributed by atoms with van der Waals surface area (Å²) in [6.07, 6.45) is 2.71. The van der Waals surface area contributed by atoms with Gasteiger partial charge < -0.3 is 19.4 Å². The summed E-state index contributed by atoms with van der Waals surface area (Å²) in [6, 6.07) is 22.3. The maximum absolute atomic E-state index is 13.0. The predicted molar refractivity (Wildman–Crippen MR) is 156 cm³/mol. The summed E-state index contributed by atoms with van der Waals surface area (Å²) in [5.74, 6) is 0.153. The standard InChI is InChI=1S/C33H34BNO5/c1-32(2)33(3,4)40-34(39-32)22(18-21-10-9-15-28-23(21)16-17-30(28)36)19-35-31(37)38-20-29-26-13-7-5-11-24(26)25-12-6-8-14-27(25)29/h5-15,18,29H,16-17,19-20H2,1-4H3,(H,35,37). The van der Waals surface area contributed by atoms with Gasteiger partial charge in [-0.05, 0) is 73.0 Å². The summed E-state index contributed by atoms with van der Waals surface area (Å²) in [4.78, 5) is 25.3. The maximum atomic E-state index is 13.0. The molecule has 40 heavy (non-hydrogen) atoms. The van der Waals surface area contributed by atoms with Gasteiger partial charge in [-0.3, -0.25) is 4.79 Å². The number of carbonyl (C=O) groups is 2. The normalized spacial score (nSPS) is 18.9. The highest BCUT2D eigenvalue weighted by molar-refractivity contribution is 6.56. The second kappa shape index (κ2) is 10.1. The van der Waals surface area contributed by atoms with Crippen LogP contribution in [0.1, 0.15) is 72.6 Å². The fourth-order valence-electron chi connectivity index (χ4n) is 5.87. The Balaban J connectivity index is 1.20. The predicted octanol–water partition coefficient (Wildman–Crippen LogP) is 6.37. The second-order valence-electron chi connectivity index (χ2n) is 11.8. The van der Waals surface area contributed by atoms with E-state index in [0.717, 1.165) is 22.2 Å². The molecule has 0 saturated carbocycles. The van der Waals surface area contributed by atoms with Gasteiger partial charge in [0.2, 0.25) is 0 Å². The number of rotatable bonds is 6. The number of nitrogens with one attached hydrogen (secondary N) is 1. The van der Waals surface area contributed by atoms with Crippen molar-refractivity contribution in [1.29, 1.82) is 0 Å². The Morgan fingerprint density at radius 2 is 1.50 bits per heavy atom. The molecular weight excluding hydrogens is 501 g/mol. The van der Waals surface area contributed by atoms with Crippen molar-refractivity contribution in [2.24, 2.45) is 0 Å². The molecule has 3 aliphatic rings. The first-order chi connectivity index (χ1) is 19.1. The second-order valence-corrected chi connectivity index (χ2v) is 11.8. The molecule has 1 fully saturated rings. The van der Waals surface area contributed by atoms with Gasteiger partial charge in [0.05, 0.1) is 11.2 Å². The SMILES string of the molecule is CC1(C)OB(C(=Cc2cccc3c2CCC3=O)CNC(=O)OCC2c3ccccc3-c3ccccc32)OC1(C)C. The number of amides is 1. The van der Waals surface area contributed by atoms with Crippen LogP contribution in [0.25, 0.3) is 17.2 Å². The van der Waals surface area contributed by atoms with Crippen molar-refractivity contribution < 1.29 is 23.6 Å². The summed E-state index contributed by atoms with van der Waals surface area (Å²) < 4.78 is 18.5. The number of hydrogen-bond donors (Lipinski definition) is 1. The number of fused-ring (bicyclic) bond motifs is 4. The van der Waals surface area contributed by atoms with Gasteiger partial charge in [0, 0.05) is 24.4 Å². The van der Waals surface area contributed by atoms with E-state index in [1.54, 1.807) is 0 Å². The van der Waals surface area contributed by atoms with Crippen molar-refractivity contribution in [2.75, 3.05) is 13.2 Å². The minimum atomic E-state index is -0.646. The lowest BCUT2D eigenvalue weighted by molar-refractivity contribution is 0.00578. The smallest absolute Gasteiger partial charge is 0.449 e. The van der Waals surface area contributed by atoms with E-state index in [4.69, 9.17) is 14.0 Å². The van der Waals surface area contributed by atoms with E-state index in [0.29, 0.717) is 12.8 Å². The largest absolute Gasteiger partial charge is 0.492 e. The van der Waals surface area contributed by atoms with Crippen molar-refractivity contribution in [3.63, 3.8) is 0 Å². The number of ketones is 1. The zero-order valence-electron chi connectivity index (χ0n) is 23.5. The number of Topliss-reactive ketones (excluding diaryl/α,β-unsaturated/α-hetero) is 1. The van der Waals surface area contributed by atoms with Crippen LogP contribution in [0.5, 0.6) is 0 Å². The molecule has 6 rings (SSSR count). The highest BCUT2D eigenvalue weighted by atomic mass is 16.7. The molecule has 0 radical (unpaired) electrons. The monoisotopic (exact) mass is 535 g/mol. The quantitative estimate of drug-likeness (QED) is 0.372. The Hall–Kier alpha value is -3.68. The molecule has 2 aliphatic carbocycles. The number of benzene rings is 3. The fourth-order valence-corrected chi connectivity index (χ4v) is 5.87. The average molecular weight is 535 g/mol. The molecule has 7 heteroatoms. The van der Waals surface area contributed by atoms with E-state index < -0.39 is 24.4 Å². The van der Waals surface area contributed by atoms with Crippen LogP contribution in [0.4, 0.5) is 4.79 Å². The third-order valence-electron chi connectivity index (χ3n) is 8.79. The zero-order valence-corrected chi connectivity index (χ0v) is 23.5. The van der Waals surface area contributed by atoms with Crippen LogP contribution < -0.4 is 5.32 Å². The minimum absolute atomic E-state index is 0.0132. The van der Waals surface area contributed by atoms with Gasteiger partial charge in [0.25, 0.3) is 0 Å². The van der Waals surface area contributed by atoms with Crippen LogP contribution >= 0.6 is 0 Å². The van der Waals surface area contributed by atoms with E-state index in [1.807, 2.05) is 76.2 Å². The highest BCUT2D eigenvalue weighted by Crippen LogP contribution is 2.44. The first-order valence-corrected chi connectivity index (χ1v) is 13.9. The van der Waals surface area contributed by atoms with Gasteiger partial charge in [-0.1, -0.05) is 72.8 Å². The molecule has 1 N–H and O–H groups in total. The minimum Gasteiger partial charge on any atom is -0.449 e. The van der Waals surface area contributed by atoms with Crippen molar-refractivity contribution in [2.45, 2.75) is 57.7 Å². The molecule has 3 aromatic carbocycles. The fraction of sp³-hybridized carbons (Fsp3) is 0.333. The van der Waals surface area contributed by atoms with Crippen molar-refractivity contribution in [1.82, 2.24) is 5.32 Å². The first kappa shape index (κ1) is 26.5. The van der Waals surface area contributed by atoms with Crippen molar-refractivity contribution in [3.8, 4) is 11.1 Å². The molecule has 3 aromatic rings. The lowest BCUT2D eigenvalue weighted by Gasteiger charge is -2.32. The summed E-state index contributed by atoms with van der Waals surface area (Å²) in [5, 5.41) is 2.93. The third-order valence-corrected chi connectivity index (χ3v) is 8.79. The maximum Gasteiger partial charge on any atom is 0.492 e. The molecule has 0 spiro atoms. The molecule has 1 amide bonds. The molecule has 6 nitrogen and oxygen atoms in total. The van der Waals surface area contributed by atoms with E-state index in [-0.39, 0.29) is 24.9 Å². The number of ether oxygens (including phenoxy) is 1. The van der Waals surface area contributed by atoms with Gasteiger partial charge in [0.15, 0.2) is 5.78 Å². The molecule has 204 valence electrons. The Morgan fingerprint density at radius 3 is 2.15 bits per heavy atom. The average Bonchev–Trinajstić information content (AvgIpc) is 3.54. The van der Waals surface area contributed by atoms with Crippen LogP contribution in [-0.4, -0.2) is 43.3 Å². The van der Waals surface area contributed by atoms with Crippen LogP contribution in [0.2, 0.25) is 0 Å². The van der Waals surface area contributed by atoms with Crippen LogP contribution in [-0.2, 0) is 20.5 Å². The Kier molecular flexibility index (Phi) is 6.67. The molecule has 1 aliphatic heterocycles. The van der Waals surface area contributed by atoms with Crippen LogP contribution in [0.15, 0.2) is 72.2 Å². The van der Waals surface area contributed by atoms with Crippen molar-refractivity contribution in [3.05, 3.63) is 100 Å². The van der Waals surface area contributed by atoms with Gasteiger partial charge in [0.1, 0.15) is 6.61 Å². The summed E-state index contributed by atoms with van der Waals surface area (Å²) in [7, 11) is -0.646. The number of alkyl carbamates (subject to hydrolysis) is 1. The Morgan fingerprint density at radius 1 is 0.900 bits per heavy atom. The summed E-state index contributed by atoms with van der Waals surface area (Å²) >= 11 is 0. The van der Waals surface area contributed by atoms with E-state index in [2.05, 4.69) is 29.6 Å². The topological polar surface area (TPSA) is 73.9 Å². The van der Waals surface area contributed by atoms with E-state index in [9.17, 15) is 9.59 Å². The Bertz CT molecular complexity index is 1460. The van der Waals surface area contributed by atoms with Gasteiger partial charge >= 0.3 is 13.2 Å². The summed E-state index contributed by atoms with van der Waals surface area (Å²) in [6.45, 7) is 8.44. The number of carbonyl (C=O) groups excluding carboxylic acids is 2. The Labute approximate surface area is 235 Å². The molecule has 1 saturated heterocycles. The molecular formula is C33H34BNO5. The van der Waals surface area contributed by atoms with Gasteiger partial charge in [-0.2, -0.15) is 0 Å². The highest BCUT2D eigenvalue weighted by Gasteiger charge is 2.52. The van der Waals surface area contributed by atoms with Crippen LogP contribution in [0.3, 0.4) is 0 Å². The van der Waals surface area contributed by atoms with E-state index >= 15 is 0 Å². The number of hydrogen-bond acceptors (Lipinski definition) is 5.